The van der Waals surface area contributed by atoms with Gasteiger partial charge in [0.25, 0.3) is 5.91 Å². The minimum atomic E-state index is -4.72. The molecule has 0 bridgehead atoms. The molecule has 5 nitrogen and oxygen atoms in total. The minimum Gasteiger partial charge on any atom is -0.406 e. The Morgan fingerprint density at radius 3 is 2.73 bits per heavy atom. The van der Waals surface area contributed by atoms with Crippen LogP contribution in [0.2, 0.25) is 0 Å². The maximum atomic E-state index is 12.2. The Hall–Kier alpha value is -1.95. The zero-order valence-corrected chi connectivity index (χ0v) is 16.3. The lowest BCUT2D eigenvalue weighted by Gasteiger charge is -2.10. The van der Waals surface area contributed by atoms with E-state index in [-0.39, 0.29) is 11.7 Å². The summed E-state index contributed by atoms with van der Waals surface area (Å²) < 4.78 is 43.3. The number of fused-ring (bicyclic) bond motifs is 1. The van der Waals surface area contributed by atoms with Gasteiger partial charge in [-0.15, -0.1) is 24.5 Å². The second-order valence-corrected chi connectivity index (χ2v) is 8.34. The summed E-state index contributed by atoms with van der Waals surface area (Å²) in [5, 5.41) is 6.77. The van der Waals surface area contributed by atoms with E-state index in [2.05, 4.69) is 20.4 Å². The average Bonchev–Trinajstić information content (AvgIpc) is 3.01. The number of nitrogens with one attached hydrogen (secondary N) is 2. The van der Waals surface area contributed by atoms with E-state index in [1.165, 1.54) is 35.6 Å². The lowest BCUT2D eigenvalue weighted by molar-refractivity contribution is -0.274. The van der Waals surface area contributed by atoms with Crippen LogP contribution in [-0.2, 0) is 0 Å². The van der Waals surface area contributed by atoms with E-state index in [1.54, 1.807) is 6.07 Å². The van der Waals surface area contributed by atoms with E-state index < -0.39 is 27.1 Å². The monoisotopic (exact) mass is 495 g/mol. The van der Waals surface area contributed by atoms with Crippen molar-refractivity contribution in [3.63, 3.8) is 0 Å². The quantitative estimate of drug-likeness (QED) is 0.609. The van der Waals surface area contributed by atoms with Crippen LogP contribution in [0.1, 0.15) is 22.2 Å². The first kappa shape index (κ1) is 18.8. The van der Waals surface area contributed by atoms with E-state index >= 15 is 0 Å². The van der Waals surface area contributed by atoms with Crippen molar-refractivity contribution < 1.29 is 22.7 Å². The second-order valence-electron chi connectivity index (χ2n) is 5.02. The molecule has 1 aliphatic rings. The summed E-state index contributed by atoms with van der Waals surface area (Å²) in [5.41, 5.74) is 1.39. The standard InChI is InChI=1S/C16H13F3IN3O2S/c1-2-21-14(24)12-7-11-13(20-8-22-15(11)26-12)23-9-3-5-10(6-4-9)25-16(17,18)19/h3-8,22H,2H2,1H3,(H,21,24). The fourth-order valence-electron chi connectivity index (χ4n) is 2.12. The van der Waals surface area contributed by atoms with Crippen molar-refractivity contribution >= 4 is 56.5 Å². The van der Waals surface area contributed by atoms with E-state index in [0.29, 0.717) is 17.1 Å². The molecule has 138 valence electrons. The number of halogens is 4. The van der Waals surface area contributed by atoms with Crippen LogP contribution in [0.25, 0.3) is 0 Å². The second kappa shape index (κ2) is 7.74. The van der Waals surface area contributed by atoms with Crippen LogP contribution in [0.15, 0.2) is 35.3 Å². The summed E-state index contributed by atoms with van der Waals surface area (Å²) in [6, 6.07) is 7.19. The highest BCUT2D eigenvalue weighted by Gasteiger charge is 2.31. The molecule has 0 saturated carbocycles. The van der Waals surface area contributed by atoms with Crippen LogP contribution in [-0.4, -0.2) is 26.7 Å². The van der Waals surface area contributed by atoms with E-state index in [0.717, 1.165) is 14.3 Å². The predicted octanol–water partition coefficient (Wildman–Crippen LogP) is 4.63. The van der Waals surface area contributed by atoms with Crippen molar-refractivity contribution in [2.45, 2.75) is 13.3 Å². The molecule has 1 aromatic heterocycles. The van der Waals surface area contributed by atoms with Crippen molar-refractivity contribution in [3.8, 4) is 5.75 Å². The van der Waals surface area contributed by atoms with Crippen molar-refractivity contribution in [2.24, 2.45) is 4.99 Å². The average molecular weight is 495 g/mol. The van der Waals surface area contributed by atoms with Gasteiger partial charge in [0.15, 0.2) is 0 Å². The molecule has 0 saturated heterocycles. The van der Waals surface area contributed by atoms with E-state index in [1.807, 2.05) is 11.1 Å². The summed E-state index contributed by atoms with van der Waals surface area (Å²) in [6.45, 7) is 2.39. The highest BCUT2D eigenvalue weighted by Crippen LogP contribution is 2.35. The molecule has 10 heteroatoms. The first-order valence-electron chi connectivity index (χ1n) is 7.44. The molecule has 1 amide bonds. The number of hydrogen-bond acceptors (Lipinski definition) is 5. The topological polar surface area (TPSA) is 62.7 Å². The fraction of sp³-hybridized carbons (Fsp3) is 0.188. The van der Waals surface area contributed by atoms with E-state index in [4.69, 9.17) is 0 Å². The number of rotatable bonds is 4. The fourth-order valence-corrected chi connectivity index (χ4v) is 5.40. The van der Waals surface area contributed by atoms with Gasteiger partial charge in [-0.25, -0.2) is 4.99 Å². The maximum absolute atomic E-state index is 12.2. The largest absolute Gasteiger partial charge is 0.573 e. The van der Waals surface area contributed by atoms with E-state index in [9.17, 15) is 18.0 Å². The summed E-state index contributed by atoms with van der Waals surface area (Å²) in [4.78, 5) is 17.1. The first-order valence-corrected chi connectivity index (χ1v) is 10.6. The van der Waals surface area contributed by atoms with Crippen molar-refractivity contribution in [1.82, 2.24) is 5.32 Å². The summed E-state index contributed by atoms with van der Waals surface area (Å²) in [7, 11) is 0. The zero-order chi connectivity index (χ0) is 18.7. The van der Waals surface area contributed by atoms with Gasteiger partial charge in [-0.1, -0.05) is 0 Å². The van der Waals surface area contributed by atoms with Gasteiger partial charge in [-0.05, 0) is 58.0 Å². The van der Waals surface area contributed by atoms with Gasteiger partial charge in [-0.3, -0.25) is 4.79 Å². The smallest absolute Gasteiger partial charge is 0.406 e. The number of alkyl halides is 3. The summed E-state index contributed by atoms with van der Waals surface area (Å²) in [5.74, 6) is -0.428. The highest BCUT2D eigenvalue weighted by molar-refractivity contribution is 14.2. The normalized spacial score (nSPS) is 15.0. The third-order valence-electron chi connectivity index (χ3n) is 3.16. The number of carbonyl (C=O) groups excluding carboxylic acids is 1. The van der Waals surface area contributed by atoms with Gasteiger partial charge < -0.3 is 15.4 Å². The van der Waals surface area contributed by atoms with Crippen molar-refractivity contribution in [1.29, 1.82) is 0 Å². The Morgan fingerprint density at radius 2 is 2.08 bits per heavy atom. The Kier molecular flexibility index (Phi) is 5.61. The predicted molar refractivity (Wildman–Crippen MR) is 105 cm³/mol. The molecule has 2 N–H and O–H groups in total. The number of amides is 1. The number of ether oxygens (including phenoxy) is 1. The molecule has 1 aliphatic heterocycles. The summed E-state index contributed by atoms with van der Waals surface area (Å²) >= 11 is 0.810. The zero-order valence-electron chi connectivity index (χ0n) is 13.4. The third-order valence-corrected chi connectivity index (χ3v) is 6.26. The van der Waals surface area contributed by atoms with Gasteiger partial charge in [0, 0.05) is 16.2 Å². The number of aliphatic imine (C=N–C) groups is 1. The SMILES string of the molecule is CCNC(=O)c1cc2c(s1)NC=IC2=Nc1ccc(OC(F)(F)F)cc1. The number of nitrogens with zero attached hydrogens (tertiary/aromatic N) is 1. The van der Waals surface area contributed by atoms with Gasteiger partial charge >= 0.3 is 6.36 Å². The Morgan fingerprint density at radius 1 is 1.35 bits per heavy atom. The molecule has 0 unspecified atom stereocenters. The van der Waals surface area contributed by atoms with Gasteiger partial charge in [0.05, 0.1) is 10.6 Å². The number of benzene rings is 1. The van der Waals surface area contributed by atoms with Crippen LogP contribution >= 0.6 is 32.1 Å². The molecule has 3 rings (SSSR count). The number of hydrogen-bond donors (Lipinski definition) is 2. The molecule has 0 aliphatic carbocycles. The molecule has 0 radical (unpaired) electrons. The molecule has 0 spiro atoms. The Balaban J connectivity index is 1.85. The molecular weight excluding hydrogens is 482 g/mol. The molecule has 1 aromatic carbocycles. The molecule has 0 fully saturated rings. The van der Waals surface area contributed by atoms with Gasteiger partial charge in [0.2, 0.25) is 0 Å². The number of anilines is 1. The number of thiophene rings is 1. The molecular formula is C16H13F3IN3O2S. The third kappa shape index (κ3) is 4.61. The van der Waals surface area contributed by atoms with Gasteiger partial charge in [0.1, 0.15) is 14.5 Å². The number of carbonyl (C=O) groups is 1. The van der Waals surface area contributed by atoms with Crippen molar-refractivity contribution in [2.75, 3.05) is 11.9 Å². The highest BCUT2D eigenvalue weighted by atomic mass is 127. The Bertz CT molecular complexity index is 876. The minimum absolute atomic E-state index is 0.139. The molecule has 26 heavy (non-hydrogen) atoms. The van der Waals surface area contributed by atoms with Crippen LogP contribution in [0.4, 0.5) is 23.9 Å². The van der Waals surface area contributed by atoms with Crippen LogP contribution in [0.5, 0.6) is 5.75 Å². The molecule has 2 heterocycles. The van der Waals surface area contributed by atoms with Crippen LogP contribution in [0, 0.1) is 0 Å². The van der Waals surface area contributed by atoms with Crippen molar-refractivity contribution in [3.05, 3.63) is 40.8 Å². The molecule has 0 atom stereocenters. The Labute approximate surface area is 161 Å². The van der Waals surface area contributed by atoms with Crippen LogP contribution < -0.4 is 15.4 Å². The lowest BCUT2D eigenvalue weighted by atomic mass is 10.3. The van der Waals surface area contributed by atoms with Gasteiger partial charge in [-0.2, -0.15) is 0 Å². The maximum Gasteiger partial charge on any atom is 0.573 e. The lowest BCUT2D eigenvalue weighted by Crippen LogP contribution is -2.21. The summed E-state index contributed by atoms with van der Waals surface area (Å²) in [6.07, 6.45) is -4.72. The first-order chi connectivity index (χ1) is 12.4. The molecule has 2 aromatic rings. The van der Waals surface area contributed by atoms with Crippen LogP contribution in [0.3, 0.4) is 0 Å².